The van der Waals surface area contributed by atoms with Gasteiger partial charge in [-0.25, -0.2) is 8.42 Å². The van der Waals surface area contributed by atoms with Crippen LogP contribution >= 0.6 is 0 Å². The molecule has 0 radical (unpaired) electrons. The lowest BCUT2D eigenvalue weighted by Crippen LogP contribution is -2.13. The summed E-state index contributed by atoms with van der Waals surface area (Å²) in [5.74, 6) is 0.913. The van der Waals surface area contributed by atoms with Gasteiger partial charge >= 0.3 is 0 Å². The fourth-order valence-corrected chi connectivity index (χ4v) is 5.52. The molecule has 0 amide bonds. The molecule has 0 atom stereocenters. The number of carbonyl (C=O) groups excluding carboxylic acids is 1. The van der Waals surface area contributed by atoms with Crippen LogP contribution < -0.4 is 4.74 Å². The van der Waals surface area contributed by atoms with E-state index >= 15 is 0 Å². The van der Waals surface area contributed by atoms with Crippen molar-refractivity contribution in [3.8, 4) is 5.75 Å². The van der Waals surface area contributed by atoms with Crippen LogP contribution in [0.3, 0.4) is 0 Å². The average molecular weight is 467 g/mol. The summed E-state index contributed by atoms with van der Waals surface area (Å²) in [5.41, 5.74) is 8.72. The normalized spacial score (nSPS) is 13.2. The molecule has 0 fully saturated rings. The van der Waals surface area contributed by atoms with Crippen LogP contribution in [0.4, 0.5) is 0 Å². The van der Waals surface area contributed by atoms with Crippen molar-refractivity contribution in [3.05, 3.63) is 75.1 Å². The number of fused-ring (bicyclic) bond motifs is 1. The Hall–Kier alpha value is -2.93. The number of hydrogen-bond donors (Lipinski definition) is 0. The Balaban J connectivity index is 1.59. The Bertz CT molecular complexity index is 1340. The Morgan fingerprint density at radius 2 is 1.76 bits per heavy atom. The summed E-state index contributed by atoms with van der Waals surface area (Å²) in [6, 6.07) is 8.31. The number of aryl methyl sites for hydroxylation is 2. The second-order valence-corrected chi connectivity index (χ2v) is 10.9. The van der Waals surface area contributed by atoms with Gasteiger partial charge in [0.15, 0.2) is 15.6 Å². The molecule has 0 bridgehead atoms. The maximum absolute atomic E-state index is 12.9. The number of rotatable bonds is 7. The first kappa shape index (κ1) is 23.2. The third-order valence-electron chi connectivity index (χ3n) is 6.63. The van der Waals surface area contributed by atoms with Crippen molar-refractivity contribution >= 4 is 15.6 Å². The van der Waals surface area contributed by atoms with Crippen molar-refractivity contribution < 1.29 is 17.9 Å². The third kappa shape index (κ3) is 4.47. The number of ketones is 1. The molecule has 1 aliphatic rings. The van der Waals surface area contributed by atoms with E-state index in [0.717, 1.165) is 60.2 Å². The third-order valence-corrected chi connectivity index (χ3v) is 7.76. The maximum atomic E-state index is 12.9. The van der Waals surface area contributed by atoms with Gasteiger partial charge in [0.05, 0.1) is 17.7 Å². The van der Waals surface area contributed by atoms with Crippen molar-refractivity contribution in [3.63, 3.8) is 0 Å². The monoisotopic (exact) mass is 466 g/mol. The minimum absolute atomic E-state index is 0.103. The lowest BCUT2D eigenvalue weighted by Gasteiger charge is -2.16. The summed E-state index contributed by atoms with van der Waals surface area (Å²) in [6.07, 6.45) is 5.20. The summed E-state index contributed by atoms with van der Waals surface area (Å²) >= 11 is 0. The molecule has 0 spiro atoms. The zero-order valence-corrected chi connectivity index (χ0v) is 20.7. The summed E-state index contributed by atoms with van der Waals surface area (Å²) in [4.78, 5) is 13.1. The molecule has 2 aromatic carbocycles. The molecular formula is C26H30N2O4S. The predicted octanol–water partition coefficient (Wildman–Crippen LogP) is 4.18. The fraction of sp³-hybridized carbons (Fsp3) is 0.385. The molecule has 4 rings (SSSR count). The highest BCUT2D eigenvalue weighted by Crippen LogP contribution is 2.37. The SMILES string of the molecule is COc1c(C)cc(Cc2c(C)nn(CC(=O)c3ccc(S(C)(=O)=O)cc3)c2C)c2c1CCC2. The van der Waals surface area contributed by atoms with E-state index in [1.807, 2.05) is 13.8 Å². The van der Waals surface area contributed by atoms with E-state index in [4.69, 9.17) is 4.74 Å². The quantitative estimate of drug-likeness (QED) is 0.488. The van der Waals surface area contributed by atoms with Crippen molar-refractivity contribution in [2.24, 2.45) is 0 Å². The van der Waals surface area contributed by atoms with Gasteiger partial charge < -0.3 is 4.74 Å². The molecule has 3 aromatic rings. The van der Waals surface area contributed by atoms with Crippen LogP contribution in [0, 0.1) is 20.8 Å². The van der Waals surface area contributed by atoms with Gasteiger partial charge in [0, 0.05) is 29.5 Å². The largest absolute Gasteiger partial charge is 0.496 e. The second kappa shape index (κ2) is 8.78. The van der Waals surface area contributed by atoms with Gasteiger partial charge in [-0.15, -0.1) is 0 Å². The molecule has 0 unspecified atom stereocenters. The van der Waals surface area contributed by atoms with Crippen molar-refractivity contribution in [2.75, 3.05) is 13.4 Å². The van der Waals surface area contributed by atoms with Crippen LogP contribution in [-0.4, -0.2) is 37.3 Å². The number of nitrogens with zero attached hydrogens (tertiary/aromatic N) is 2. The van der Waals surface area contributed by atoms with Crippen LogP contribution in [0.2, 0.25) is 0 Å². The van der Waals surface area contributed by atoms with Crippen LogP contribution in [-0.2, 0) is 35.6 Å². The van der Waals surface area contributed by atoms with Gasteiger partial charge in [0.1, 0.15) is 12.3 Å². The molecule has 7 heteroatoms. The summed E-state index contributed by atoms with van der Waals surface area (Å²) < 4.78 is 30.7. The first-order valence-corrected chi connectivity index (χ1v) is 13.0. The Morgan fingerprint density at radius 3 is 2.39 bits per heavy atom. The summed E-state index contributed by atoms with van der Waals surface area (Å²) in [7, 11) is -1.55. The fourth-order valence-electron chi connectivity index (χ4n) is 4.89. The van der Waals surface area contributed by atoms with Gasteiger partial charge in [-0.05, 0) is 74.4 Å². The van der Waals surface area contributed by atoms with E-state index in [0.29, 0.717) is 5.56 Å². The van der Waals surface area contributed by atoms with Gasteiger partial charge in [-0.3, -0.25) is 9.48 Å². The zero-order chi connectivity index (χ0) is 23.9. The zero-order valence-electron chi connectivity index (χ0n) is 19.9. The minimum atomic E-state index is -3.29. The molecule has 33 heavy (non-hydrogen) atoms. The smallest absolute Gasteiger partial charge is 0.184 e. The molecule has 0 N–H and O–H groups in total. The lowest BCUT2D eigenvalue weighted by atomic mass is 9.93. The number of ether oxygens (including phenoxy) is 1. The Morgan fingerprint density at radius 1 is 1.09 bits per heavy atom. The van der Waals surface area contributed by atoms with E-state index in [9.17, 15) is 13.2 Å². The van der Waals surface area contributed by atoms with Crippen molar-refractivity contribution in [1.82, 2.24) is 9.78 Å². The molecule has 1 aromatic heterocycles. The molecule has 0 saturated heterocycles. The summed E-state index contributed by atoms with van der Waals surface area (Å²) in [6.45, 7) is 6.20. The number of hydrogen-bond acceptors (Lipinski definition) is 5. The van der Waals surface area contributed by atoms with E-state index in [1.165, 1.54) is 28.8 Å². The highest BCUT2D eigenvalue weighted by molar-refractivity contribution is 7.90. The maximum Gasteiger partial charge on any atom is 0.184 e. The first-order valence-electron chi connectivity index (χ1n) is 11.1. The number of Topliss-reactive ketones (excluding diaryl/α,β-unsaturated/α-hetero) is 1. The van der Waals surface area contributed by atoms with Gasteiger partial charge in [-0.1, -0.05) is 18.2 Å². The Labute approximate surface area is 195 Å². The van der Waals surface area contributed by atoms with Crippen LogP contribution in [0.25, 0.3) is 0 Å². The molecule has 0 aliphatic heterocycles. The van der Waals surface area contributed by atoms with Gasteiger partial charge in [-0.2, -0.15) is 5.10 Å². The van der Waals surface area contributed by atoms with E-state index < -0.39 is 9.84 Å². The van der Waals surface area contributed by atoms with Gasteiger partial charge in [0.2, 0.25) is 0 Å². The molecular weight excluding hydrogens is 436 g/mol. The van der Waals surface area contributed by atoms with Crippen LogP contribution in [0.15, 0.2) is 35.2 Å². The molecule has 1 aliphatic carbocycles. The first-order chi connectivity index (χ1) is 15.6. The molecule has 0 saturated carbocycles. The minimum Gasteiger partial charge on any atom is -0.496 e. The Kier molecular flexibility index (Phi) is 6.18. The molecule has 1 heterocycles. The van der Waals surface area contributed by atoms with E-state index in [1.54, 1.807) is 23.9 Å². The van der Waals surface area contributed by atoms with Crippen molar-refractivity contribution in [1.29, 1.82) is 0 Å². The summed E-state index contributed by atoms with van der Waals surface area (Å²) in [5, 5.41) is 4.65. The van der Waals surface area contributed by atoms with Crippen LogP contribution in [0.5, 0.6) is 5.75 Å². The van der Waals surface area contributed by atoms with Crippen LogP contribution in [0.1, 0.15) is 56.0 Å². The van der Waals surface area contributed by atoms with E-state index in [2.05, 4.69) is 18.1 Å². The standard InChI is InChI=1S/C26H30N2O4S/c1-16-13-20(22-7-6-8-23(22)26(16)32-4)14-24-17(2)27-28(18(24)3)15-25(29)19-9-11-21(12-10-19)33(5,30)31/h9-13H,6-8,14-15H2,1-5H3. The number of sulfone groups is 1. The highest BCUT2D eigenvalue weighted by Gasteiger charge is 2.23. The number of methoxy groups -OCH3 is 1. The van der Waals surface area contributed by atoms with Gasteiger partial charge in [0.25, 0.3) is 0 Å². The number of aromatic nitrogens is 2. The second-order valence-electron chi connectivity index (χ2n) is 8.90. The average Bonchev–Trinajstić information content (AvgIpc) is 3.34. The molecule has 6 nitrogen and oxygen atoms in total. The van der Waals surface area contributed by atoms with Crippen molar-refractivity contribution in [2.45, 2.75) is 57.9 Å². The predicted molar refractivity (Wildman–Crippen MR) is 128 cm³/mol. The van der Waals surface area contributed by atoms with E-state index in [-0.39, 0.29) is 17.2 Å². The lowest BCUT2D eigenvalue weighted by molar-refractivity contribution is 0.0966. The topological polar surface area (TPSA) is 78.3 Å². The number of benzene rings is 2. The number of carbonyl (C=O) groups is 1. The highest BCUT2D eigenvalue weighted by atomic mass is 32.2. The molecule has 174 valence electrons.